The SMILES string of the molecule is CN=C(NCCn1cc(C)cn1)NCC(c1ccc(F)cc1)N1CCOCC1. The first-order valence-corrected chi connectivity index (χ1v) is 9.66. The van der Waals surface area contributed by atoms with Crippen molar-refractivity contribution in [2.75, 3.05) is 46.4 Å². The third-order valence-corrected chi connectivity index (χ3v) is 4.82. The van der Waals surface area contributed by atoms with Crippen molar-refractivity contribution in [2.45, 2.75) is 19.5 Å². The number of aryl methyl sites for hydroxylation is 1. The second-order valence-electron chi connectivity index (χ2n) is 6.88. The van der Waals surface area contributed by atoms with Crippen LogP contribution >= 0.6 is 0 Å². The van der Waals surface area contributed by atoms with Gasteiger partial charge in [-0.3, -0.25) is 14.6 Å². The highest BCUT2D eigenvalue weighted by atomic mass is 19.1. The van der Waals surface area contributed by atoms with Crippen LogP contribution in [0.2, 0.25) is 0 Å². The quantitative estimate of drug-likeness (QED) is 0.557. The van der Waals surface area contributed by atoms with E-state index in [9.17, 15) is 4.39 Å². The molecule has 7 nitrogen and oxygen atoms in total. The maximum absolute atomic E-state index is 13.4. The lowest BCUT2D eigenvalue weighted by atomic mass is 10.0. The molecule has 1 fully saturated rings. The van der Waals surface area contributed by atoms with E-state index in [1.54, 1.807) is 7.05 Å². The fourth-order valence-electron chi connectivity index (χ4n) is 3.32. The van der Waals surface area contributed by atoms with Gasteiger partial charge in [0, 0.05) is 39.4 Å². The monoisotopic (exact) mass is 388 g/mol. The molecule has 3 rings (SSSR count). The summed E-state index contributed by atoms with van der Waals surface area (Å²) in [6.07, 6.45) is 3.86. The zero-order valence-electron chi connectivity index (χ0n) is 16.6. The van der Waals surface area contributed by atoms with Crippen molar-refractivity contribution in [1.82, 2.24) is 25.3 Å². The minimum Gasteiger partial charge on any atom is -0.379 e. The van der Waals surface area contributed by atoms with Crippen LogP contribution in [0.5, 0.6) is 0 Å². The fraction of sp³-hybridized carbons (Fsp3) is 0.500. The molecule has 2 N–H and O–H groups in total. The number of ether oxygens (including phenoxy) is 1. The van der Waals surface area contributed by atoms with Crippen molar-refractivity contribution in [3.05, 3.63) is 53.6 Å². The van der Waals surface area contributed by atoms with Crippen LogP contribution in [-0.4, -0.2) is 67.1 Å². The number of halogens is 1. The Kier molecular flexibility index (Phi) is 7.39. The van der Waals surface area contributed by atoms with Crippen LogP contribution in [0.25, 0.3) is 0 Å². The van der Waals surface area contributed by atoms with Crippen LogP contribution in [0.4, 0.5) is 4.39 Å². The minimum absolute atomic E-state index is 0.122. The van der Waals surface area contributed by atoms with Gasteiger partial charge in [0.1, 0.15) is 5.82 Å². The summed E-state index contributed by atoms with van der Waals surface area (Å²) in [5, 5.41) is 11.0. The third-order valence-electron chi connectivity index (χ3n) is 4.82. The molecule has 1 aromatic heterocycles. The van der Waals surface area contributed by atoms with E-state index in [4.69, 9.17) is 4.74 Å². The Balaban J connectivity index is 1.56. The van der Waals surface area contributed by atoms with E-state index in [1.807, 2.05) is 36.1 Å². The second kappa shape index (κ2) is 10.2. The van der Waals surface area contributed by atoms with Gasteiger partial charge in [0.05, 0.1) is 32.0 Å². The van der Waals surface area contributed by atoms with Crippen LogP contribution < -0.4 is 10.6 Å². The molecule has 1 unspecified atom stereocenters. The molecule has 2 aromatic rings. The maximum Gasteiger partial charge on any atom is 0.191 e. The minimum atomic E-state index is -0.219. The van der Waals surface area contributed by atoms with Crippen molar-refractivity contribution in [3.8, 4) is 0 Å². The molecule has 2 heterocycles. The molecule has 0 bridgehead atoms. The first-order chi connectivity index (χ1) is 13.7. The van der Waals surface area contributed by atoms with Gasteiger partial charge >= 0.3 is 0 Å². The molecule has 1 atom stereocenters. The molecule has 28 heavy (non-hydrogen) atoms. The molecule has 152 valence electrons. The van der Waals surface area contributed by atoms with Gasteiger partial charge < -0.3 is 15.4 Å². The van der Waals surface area contributed by atoms with Gasteiger partial charge in [0.25, 0.3) is 0 Å². The van der Waals surface area contributed by atoms with Gasteiger partial charge in [0.2, 0.25) is 0 Å². The van der Waals surface area contributed by atoms with Gasteiger partial charge in [-0.15, -0.1) is 0 Å². The number of hydrogen-bond acceptors (Lipinski definition) is 4. The molecule has 0 aliphatic carbocycles. The van der Waals surface area contributed by atoms with Crippen LogP contribution in [0.3, 0.4) is 0 Å². The average molecular weight is 388 g/mol. The molecular formula is C20H29FN6O. The van der Waals surface area contributed by atoms with Crippen LogP contribution in [0.1, 0.15) is 17.2 Å². The van der Waals surface area contributed by atoms with E-state index < -0.39 is 0 Å². The summed E-state index contributed by atoms with van der Waals surface area (Å²) in [5.74, 6) is 0.521. The van der Waals surface area contributed by atoms with Crippen molar-refractivity contribution >= 4 is 5.96 Å². The molecule has 1 aromatic carbocycles. The lowest BCUT2D eigenvalue weighted by Crippen LogP contribution is -2.46. The number of nitrogens with zero attached hydrogens (tertiary/aromatic N) is 4. The summed E-state index contributed by atoms with van der Waals surface area (Å²) in [6.45, 7) is 7.33. The molecule has 0 amide bonds. The third kappa shape index (κ3) is 5.77. The topological polar surface area (TPSA) is 66.7 Å². The predicted octanol–water partition coefficient (Wildman–Crippen LogP) is 1.57. The Bertz CT molecular complexity index is 754. The van der Waals surface area contributed by atoms with Crippen molar-refractivity contribution in [2.24, 2.45) is 4.99 Å². The van der Waals surface area contributed by atoms with Crippen molar-refractivity contribution < 1.29 is 9.13 Å². The number of benzene rings is 1. The van der Waals surface area contributed by atoms with Gasteiger partial charge in [-0.25, -0.2) is 4.39 Å². The zero-order chi connectivity index (χ0) is 19.8. The lowest BCUT2D eigenvalue weighted by molar-refractivity contribution is 0.0170. The average Bonchev–Trinajstić information content (AvgIpc) is 3.14. The standard InChI is InChI=1S/C20H29FN6O/c1-16-13-25-27(15-16)8-7-23-20(22-2)24-14-19(26-9-11-28-12-10-26)17-3-5-18(21)6-4-17/h3-6,13,15,19H,7-12,14H2,1-2H3,(H2,22,23,24). The van der Waals surface area contributed by atoms with Gasteiger partial charge in [-0.1, -0.05) is 12.1 Å². The summed E-state index contributed by atoms with van der Waals surface area (Å²) < 4.78 is 20.7. The Morgan fingerprint density at radius 2 is 2.00 bits per heavy atom. The van der Waals surface area contributed by atoms with Crippen LogP contribution in [0.15, 0.2) is 41.7 Å². The Labute approximate surface area is 165 Å². The highest BCUT2D eigenvalue weighted by Gasteiger charge is 2.23. The summed E-state index contributed by atoms with van der Waals surface area (Å²) in [6, 6.07) is 6.86. The fourth-order valence-corrected chi connectivity index (χ4v) is 3.32. The Morgan fingerprint density at radius 1 is 1.25 bits per heavy atom. The van der Waals surface area contributed by atoms with E-state index in [2.05, 4.69) is 25.6 Å². The molecule has 0 spiro atoms. The van der Waals surface area contributed by atoms with Crippen LogP contribution in [-0.2, 0) is 11.3 Å². The Morgan fingerprint density at radius 3 is 2.64 bits per heavy atom. The predicted molar refractivity (Wildman–Crippen MR) is 108 cm³/mol. The normalized spacial score (nSPS) is 16.8. The number of aliphatic imine (C=N–C) groups is 1. The van der Waals surface area contributed by atoms with E-state index in [0.717, 1.165) is 43.3 Å². The second-order valence-corrected chi connectivity index (χ2v) is 6.88. The van der Waals surface area contributed by atoms with Gasteiger partial charge in [-0.05, 0) is 30.2 Å². The molecular weight excluding hydrogens is 359 g/mol. The molecule has 1 saturated heterocycles. The number of nitrogens with one attached hydrogen (secondary N) is 2. The molecule has 0 radical (unpaired) electrons. The molecule has 8 heteroatoms. The van der Waals surface area contributed by atoms with Crippen molar-refractivity contribution in [3.63, 3.8) is 0 Å². The number of hydrogen-bond donors (Lipinski definition) is 2. The number of aromatic nitrogens is 2. The van der Waals surface area contributed by atoms with E-state index >= 15 is 0 Å². The van der Waals surface area contributed by atoms with E-state index in [1.165, 1.54) is 12.1 Å². The van der Waals surface area contributed by atoms with E-state index in [-0.39, 0.29) is 11.9 Å². The summed E-state index contributed by atoms with van der Waals surface area (Å²) in [5.41, 5.74) is 2.23. The van der Waals surface area contributed by atoms with Gasteiger partial charge in [-0.2, -0.15) is 5.10 Å². The molecule has 1 aliphatic rings. The van der Waals surface area contributed by atoms with Gasteiger partial charge in [0.15, 0.2) is 5.96 Å². The highest BCUT2D eigenvalue weighted by Crippen LogP contribution is 2.21. The lowest BCUT2D eigenvalue weighted by Gasteiger charge is -2.35. The summed E-state index contributed by atoms with van der Waals surface area (Å²) in [4.78, 5) is 6.68. The number of morpholine rings is 1. The summed E-state index contributed by atoms with van der Waals surface area (Å²) >= 11 is 0. The molecule has 0 saturated carbocycles. The van der Waals surface area contributed by atoms with E-state index in [0.29, 0.717) is 19.8 Å². The number of guanidine groups is 1. The largest absolute Gasteiger partial charge is 0.379 e. The highest BCUT2D eigenvalue weighted by molar-refractivity contribution is 5.79. The first kappa shape index (κ1) is 20.3. The zero-order valence-corrected chi connectivity index (χ0v) is 16.6. The molecule has 1 aliphatic heterocycles. The Hall–Kier alpha value is -2.45. The first-order valence-electron chi connectivity index (χ1n) is 9.66. The summed E-state index contributed by atoms with van der Waals surface area (Å²) in [7, 11) is 1.76. The smallest absolute Gasteiger partial charge is 0.191 e. The maximum atomic E-state index is 13.4. The van der Waals surface area contributed by atoms with Crippen molar-refractivity contribution in [1.29, 1.82) is 0 Å². The van der Waals surface area contributed by atoms with Crippen LogP contribution in [0, 0.1) is 12.7 Å². The number of rotatable bonds is 7.